The van der Waals surface area contributed by atoms with E-state index < -0.39 is 0 Å². The lowest BCUT2D eigenvalue weighted by atomic mass is 10.1. The van der Waals surface area contributed by atoms with Crippen molar-refractivity contribution in [3.8, 4) is 0 Å². The van der Waals surface area contributed by atoms with Crippen LogP contribution in [0.4, 0.5) is 10.8 Å². The Morgan fingerprint density at radius 1 is 1.06 bits per heavy atom. The summed E-state index contributed by atoms with van der Waals surface area (Å²) in [6, 6.07) is 15.5. The summed E-state index contributed by atoms with van der Waals surface area (Å²) in [5, 5.41) is 5.90. The fraction of sp³-hybridized carbons (Fsp3) is 0.292. The van der Waals surface area contributed by atoms with Gasteiger partial charge in [-0.05, 0) is 30.2 Å². The van der Waals surface area contributed by atoms with E-state index in [4.69, 9.17) is 11.6 Å². The minimum atomic E-state index is -0.115. The number of carbonyl (C=O) groups is 2. The van der Waals surface area contributed by atoms with Crippen LogP contribution >= 0.6 is 22.9 Å². The highest BCUT2D eigenvalue weighted by Gasteiger charge is 2.23. The number of hydrogen-bond donors (Lipinski definition) is 1. The van der Waals surface area contributed by atoms with Gasteiger partial charge in [0.05, 0.1) is 18.5 Å². The average molecular weight is 469 g/mol. The molecular weight excluding hydrogens is 444 g/mol. The number of halogens is 1. The summed E-state index contributed by atoms with van der Waals surface area (Å²) >= 11 is 7.50. The minimum absolute atomic E-state index is 0.0555. The van der Waals surface area contributed by atoms with E-state index in [-0.39, 0.29) is 18.2 Å². The molecule has 2 heterocycles. The van der Waals surface area contributed by atoms with Crippen LogP contribution in [0.3, 0.4) is 0 Å². The quantitative estimate of drug-likeness (QED) is 0.589. The van der Waals surface area contributed by atoms with Crippen molar-refractivity contribution in [3.63, 3.8) is 0 Å². The molecule has 1 saturated heterocycles. The van der Waals surface area contributed by atoms with E-state index in [1.807, 2.05) is 58.8 Å². The van der Waals surface area contributed by atoms with Gasteiger partial charge in [-0.2, -0.15) is 0 Å². The summed E-state index contributed by atoms with van der Waals surface area (Å²) in [4.78, 5) is 33.6. The van der Waals surface area contributed by atoms with Gasteiger partial charge in [0.25, 0.3) is 0 Å². The molecule has 1 fully saturated rings. The van der Waals surface area contributed by atoms with E-state index in [2.05, 4.69) is 22.1 Å². The van der Waals surface area contributed by atoms with E-state index >= 15 is 0 Å². The Hall–Kier alpha value is -2.90. The third-order valence-corrected chi connectivity index (χ3v) is 6.52. The van der Waals surface area contributed by atoms with Crippen LogP contribution in [0.5, 0.6) is 0 Å². The van der Waals surface area contributed by atoms with Crippen molar-refractivity contribution in [2.24, 2.45) is 0 Å². The second-order valence-corrected chi connectivity index (χ2v) is 9.12. The first-order valence-corrected chi connectivity index (χ1v) is 11.8. The number of amides is 2. The highest BCUT2D eigenvalue weighted by molar-refractivity contribution is 7.13. The number of aryl methyl sites for hydroxylation is 1. The lowest BCUT2D eigenvalue weighted by Crippen LogP contribution is -2.49. The van der Waals surface area contributed by atoms with Crippen molar-refractivity contribution >= 4 is 45.6 Å². The normalized spacial score (nSPS) is 13.8. The molecule has 0 saturated carbocycles. The molecule has 1 aromatic heterocycles. The molecule has 1 aliphatic rings. The number of rotatable bonds is 6. The molecule has 4 rings (SSSR count). The summed E-state index contributed by atoms with van der Waals surface area (Å²) in [5.41, 5.74) is 3.94. The molecule has 1 aliphatic heterocycles. The second kappa shape index (κ2) is 10.1. The van der Waals surface area contributed by atoms with E-state index in [9.17, 15) is 9.59 Å². The summed E-state index contributed by atoms with van der Waals surface area (Å²) in [6.45, 7) is 4.93. The Kier molecular flexibility index (Phi) is 7.07. The molecule has 0 bridgehead atoms. The van der Waals surface area contributed by atoms with Crippen molar-refractivity contribution in [2.75, 3.05) is 36.4 Å². The van der Waals surface area contributed by atoms with Gasteiger partial charge in [0, 0.05) is 42.3 Å². The molecule has 0 spiro atoms. The molecule has 3 aromatic rings. The van der Waals surface area contributed by atoms with Crippen LogP contribution in [0.2, 0.25) is 5.02 Å². The fourth-order valence-corrected chi connectivity index (χ4v) is 4.67. The predicted molar refractivity (Wildman–Crippen MR) is 130 cm³/mol. The number of hydrogen-bond acceptors (Lipinski definition) is 5. The molecule has 166 valence electrons. The monoisotopic (exact) mass is 468 g/mol. The first-order valence-electron chi connectivity index (χ1n) is 10.5. The van der Waals surface area contributed by atoms with Crippen LogP contribution in [-0.4, -0.2) is 47.9 Å². The largest absolute Gasteiger partial charge is 0.368 e. The zero-order valence-corrected chi connectivity index (χ0v) is 19.5. The van der Waals surface area contributed by atoms with Gasteiger partial charge >= 0.3 is 0 Å². The lowest BCUT2D eigenvalue weighted by Gasteiger charge is -2.36. The Bertz CT molecular complexity index is 1090. The average Bonchev–Trinajstić information content (AvgIpc) is 3.22. The smallest absolute Gasteiger partial charge is 0.230 e. The summed E-state index contributed by atoms with van der Waals surface area (Å²) in [6.07, 6.45) is 0.534. The van der Waals surface area contributed by atoms with Gasteiger partial charge in [-0.1, -0.05) is 48.0 Å². The zero-order valence-electron chi connectivity index (χ0n) is 17.9. The van der Waals surface area contributed by atoms with Crippen LogP contribution in [0.25, 0.3) is 0 Å². The van der Waals surface area contributed by atoms with Crippen LogP contribution in [-0.2, 0) is 22.4 Å². The maximum atomic E-state index is 12.8. The fourth-order valence-electron chi connectivity index (χ4n) is 3.78. The molecule has 8 heteroatoms. The summed E-state index contributed by atoms with van der Waals surface area (Å²) < 4.78 is 0. The van der Waals surface area contributed by atoms with Gasteiger partial charge in [0.15, 0.2) is 5.13 Å². The van der Waals surface area contributed by atoms with Gasteiger partial charge in [-0.15, -0.1) is 11.3 Å². The first-order chi connectivity index (χ1) is 15.5. The van der Waals surface area contributed by atoms with Crippen LogP contribution < -0.4 is 10.2 Å². The van der Waals surface area contributed by atoms with Gasteiger partial charge in [0.2, 0.25) is 11.8 Å². The third kappa shape index (κ3) is 5.66. The van der Waals surface area contributed by atoms with Crippen molar-refractivity contribution in [2.45, 2.75) is 19.8 Å². The third-order valence-electron chi connectivity index (χ3n) is 5.48. The molecule has 6 nitrogen and oxygen atoms in total. The van der Waals surface area contributed by atoms with E-state index in [0.717, 1.165) is 29.4 Å². The molecular formula is C24H25ClN4O2S. The molecule has 0 atom stereocenters. The van der Waals surface area contributed by atoms with Crippen molar-refractivity contribution in [1.29, 1.82) is 0 Å². The maximum absolute atomic E-state index is 12.8. The molecule has 2 amide bonds. The maximum Gasteiger partial charge on any atom is 0.230 e. The molecule has 32 heavy (non-hydrogen) atoms. The highest BCUT2D eigenvalue weighted by Crippen LogP contribution is 2.25. The number of benzene rings is 2. The van der Waals surface area contributed by atoms with Crippen molar-refractivity contribution in [1.82, 2.24) is 9.88 Å². The van der Waals surface area contributed by atoms with Gasteiger partial charge in [-0.25, -0.2) is 4.98 Å². The standard InChI is InChI=1S/C24H25ClN4O2S/c1-17-7-8-19(25)14-21(17)28-9-11-29(12-10-28)23(31)15-20-16-32-24(26-20)27-22(30)13-18-5-3-2-4-6-18/h2-8,14,16H,9-13,15H2,1H3,(H,26,27,30). The number of piperazine rings is 1. The van der Waals surface area contributed by atoms with Crippen molar-refractivity contribution < 1.29 is 9.59 Å². The molecule has 0 aliphatic carbocycles. The van der Waals surface area contributed by atoms with Gasteiger partial charge in [-0.3, -0.25) is 9.59 Å². The van der Waals surface area contributed by atoms with Crippen LogP contribution in [0.1, 0.15) is 16.8 Å². The van der Waals surface area contributed by atoms with E-state index in [1.54, 1.807) is 0 Å². The Balaban J connectivity index is 1.27. The summed E-state index contributed by atoms with van der Waals surface area (Å²) in [5.74, 6) is -0.0595. The number of nitrogens with zero attached hydrogens (tertiary/aromatic N) is 3. The number of anilines is 2. The van der Waals surface area contributed by atoms with Gasteiger partial charge < -0.3 is 15.1 Å². The topological polar surface area (TPSA) is 65.5 Å². The number of carbonyl (C=O) groups excluding carboxylic acids is 2. The SMILES string of the molecule is Cc1ccc(Cl)cc1N1CCN(C(=O)Cc2csc(NC(=O)Cc3ccccc3)n2)CC1. The molecule has 0 radical (unpaired) electrons. The molecule has 1 N–H and O–H groups in total. The minimum Gasteiger partial charge on any atom is -0.368 e. The summed E-state index contributed by atoms with van der Waals surface area (Å²) in [7, 11) is 0. The Labute approximate surface area is 196 Å². The molecule has 2 aromatic carbocycles. The number of aromatic nitrogens is 1. The molecule has 0 unspecified atom stereocenters. The van der Waals surface area contributed by atoms with Gasteiger partial charge in [0.1, 0.15) is 0 Å². The predicted octanol–water partition coefficient (Wildman–Crippen LogP) is 4.18. The number of thiazole rings is 1. The lowest BCUT2D eigenvalue weighted by molar-refractivity contribution is -0.130. The van der Waals surface area contributed by atoms with E-state index in [0.29, 0.717) is 30.3 Å². The Morgan fingerprint density at radius 3 is 2.56 bits per heavy atom. The van der Waals surface area contributed by atoms with Crippen LogP contribution in [0, 0.1) is 6.92 Å². The highest BCUT2D eigenvalue weighted by atomic mass is 35.5. The zero-order chi connectivity index (χ0) is 22.5. The van der Waals surface area contributed by atoms with Crippen LogP contribution in [0.15, 0.2) is 53.9 Å². The van der Waals surface area contributed by atoms with E-state index in [1.165, 1.54) is 16.9 Å². The Morgan fingerprint density at radius 2 is 1.81 bits per heavy atom. The number of nitrogens with one attached hydrogen (secondary N) is 1. The van der Waals surface area contributed by atoms with Crippen molar-refractivity contribution in [3.05, 3.63) is 75.8 Å². The first kappa shape index (κ1) is 22.3. The second-order valence-electron chi connectivity index (χ2n) is 7.83.